The van der Waals surface area contributed by atoms with Gasteiger partial charge in [-0.1, -0.05) is 47.7 Å². The number of carbonyl (C=O) groups excluding carboxylic acids is 1. The Hall–Kier alpha value is -4.05. The van der Waals surface area contributed by atoms with Crippen LogP contribution in [0.3, 0.4) is 0 Å². The molecule has 3 aromatic carbocycles. The summed E-state index contributed by atoms with van der Waals surface area (Å²) >= 11 is 1.46. The second-order valence-electron chi connectivity index (χ2n) is 7.93. The first-order valence-electron chi connectivity index (χ1n) is 10.8. The molecule has 0 aliphatic heterocycles. The van der Waals surface area contributed by atoms with Crippen LogP contribution in [-0.2, 0) is 5.75 Å². The van der Waals surface area contributed by atoms with Gasteiger partial charge in [-0.25, -0.2) is 4.39 Å². The maximum Gasteiger partial charge on any atom is 0.269 e. The molecule has 0 bridgehead atoms. The smallest absolute Gasteiger partial charge is 0.269 e. The van der Waals surface area contributed by atoms with Crippen LogP contribution >= 0.6 is 11.8 Å². The number of aromatic nitrogens is 3. The zero-order valence-electron chi connectivity index (χ0n) is 19.0. The quantitative estimate of drug-likeness (QED) is 0.201. The molecule has 178 valence electrons. The summed E-state index contributed by atoms with van der Waals surface area (Å²) in [5.74, 6) is 0.116. The SMILES string of the molecule is Cc1cccc(CSc2nnc(C(C)NC(=O)c3cccc(F)c3)n2-c2ccc([N+](=O)[O-])cc2)c1. The van der Waals surface area contributed by atoms with Crippen LogP contribution < -0.4 is 5.32 Å². The lowest BCUT2D eigenvalue weighted by molar-refractivity contribution is -0.384. The van der Waals surface area contributed by atoms with E-state index in [4.69, 9.17) is 0 Å². The molecule has 1 N–H and O–H groups in total. The average molecular weight is 492 g/mol. The van der Waals surface area contributed by atoms with Gasteiger partial charge in [0, 0.05) is 29.1 Å². The summed E-state index contributed by atoms with van der Waals surface area (Å²) in [5.41, 5.74) is 3.03. The minimum absolute atomic E-state index is 0.0372. The molecule has 1 unspecified atom stereocenters. The van der Waals surface area contributed by atoms with E-state index in [1.807, 2.05) is 25.1 Å². The Labute approximate surface area is 205 Å². The molecule has 1 aromatic heterocycles. The molecule has 8 nitrogen and oxygen atoms in total. The van der Waals surface area contributed by atoms with Gasteiger partial charge < -0.3 is 5.32 Å². The van der Waals surface area contributed by atoms with Crippen LogP contribution in [0.15, 0.2) is 78.0 Å². The zero-order valence-corrected chi connectivity index (χ0v) is 19.8. The summed E-state index contributed by atoms with van der Waals surface area (Å²) < 4.78 is 15.3. The molecule has 1 atom stereocenters. The number of nitro benzene ring substituents is 1. The fourth-order valence-corrected chi connectivity index (χ4v) is 4.45. The van der Waals surface area contributed by atoms with E-state index in [9.17, 15) is 19.3 Å². The van der Waals surface area contributed by atoms with E-state index in [-0.39, 0.29) is 11.3 Å². The van der Waals surface area contributed by atoms with Crippen molar-refractivity contribution in [1.29, 1.82) is 0 Å². The number of nitrogens with one attached hydrogen (secondary N) is 1. The van der Waals surface area contributed by atoms with E-state index in [2.05, 4.69) is 21.6 Å². The maximum atomic E-state index is 13.6. The standard InChI is InChI=1S/C25H22FN5O3S/c1-16-5-3-6-18(13-16)15-35-25-29-28-23(30(25)21-9-11-22(12-10-21)31(33)34)17(2)27-24(32)19-7-4-8-20(26)14-19/h3-14,17H,15H2,1-2H3,(H,27,32). The summed E-state index contributed by atoms with van der Waals surface area (Å²) in [5, 5.41) is 23.1. The van der Waals surface area contributed by atoms with E-state index >= 15 is 0 Å². The number of nitro groups is 1. The van der Waals surface area contributed by atoms with Crippen molar-refractivity contribution in [3.05, 3.63) is 111 Å². The number of carbonyl (C=O) groups is 1. The third kappa shape index (κ3) is 5.72. The Kier molecular flexibility index (Phi) is 7.21. The molecule has 35 heavy (non-hydrogen) atoms. The van der Waals surface area contributed by atoms with Gasteiger partial charge in [0.05, 0.1) is 11.0 Å². The summed E-state index contributed by atoms with van der Waals surface area (Å²) in [6.45, 7) is 3.77. The van der Waals surface area contributed by atoms with E-state index in [1.165, 1.54) is 42.1 Å². The Morgan fingerprint density at radius 2 is 1.86 bits per heavy atom. The van der Waals surface area contributed by atoms with Crippen LogP contribution in [0.25, 0.3) is 5.69 Å². The van der Waals surface area contributed by atoms with Crippen LogP contribution in [0.1, 0.15) is 40.3 Å². The highest BCUT2D eigenvalue weighted by Crippen LogP contribution is 2.29. The molecule has 0 saturated heterocycles. The van der Waals surface area contributed by atoms with Crippen molar-refractivity contribution in [2.75, 3.05) is 0 Å². The van der Waals surface area contributed by atoms with Gasteiger partial charge in [-0.05, 0) is 49.7 Å². The minimum Gasteiger partial charge on any atom is -0.342 e. The molecule has 1 heterocycles. The molecule has 0 aliphatic carbocycles. The number of benzene rings is 3. The van der Waals surface area contributed by atoms with Crippen molar-refractivity contribution >= 4 is 23.4 Å². The summed E-state index contributed by atoms with van der Waals surface area (Å²) in [6.07, 6.45) is 0. The Bertz CT molecular complexity index is 1370. The van der Waals surface area contributed by atoms with Gasteiger partial charge in [-0.3, -0.25) is 19.5 Å². The number of hydrogen-bond acceptors (Lipinski definition) is 6. The van der Waals surface area contributed by atoms with E-state index in [1.54, 1.807) is 23.6 Å². The van der Waals surface area contributed by atoms with Crippen molar-refractivity contribution < 1.29 is 14.1 Å². The van der Waals surface area contributed by atoms with Crippen molar-refractivity contribution in [3.8, 4) is 5.69 Å². The monoisotopic (exact) mass is 491 g/mol. The van der Waals surface area contributed by atoms with Gasteiger partial charge in [-0.15, -0.1) is 10.2 Å². The predicted octanol–water partition coefficient (Wildman–Crippen LogP) is 5.41. The average Bonchev–Trinajstić information content (AvgIpc) is 3.27. The first kappa shape index (κ1) is 24.1. The number of aryl methyl sites for hydroxylation is 1. The number of non-ortho nitro benzene ring substituents is 1. The molecule has 4 aromatic rings. The van der Waals surface area contributed by atoms with Crippen LogP contribution in [0.4, 0.5) is 10.1 Å². The number of rotatable bonds is 8. The molecule has 0 saturated carbocycles. The molecular weight excluding hydrogens is 469 g/mol. The molecule has 10 heteroatoms. The highest BCUT2D eigenvalue weighted by molar-refractivity contribution is 7.98. The van der Waals surface area contributed by atoms with E-state index in [0.717, 1.165) is 17.2 Å². The van der Waals surface area contributed by atoms with Gasteiger partial charge in [0.1, 0.15) is 5.82 Å². The topological polar surface area (TPSA) is 103 Å². The lowest BCUT2D eigenvalue weighted by atomic mass is 10.2. The third-order valence-electron chi connectivity index (χ3n) is 5.25. The van der Waals surface area contributed by atoms with Crippen LogP contribution in [-0.4, -0.2) is 25.6 Å². The second kappa shape index (κ2) is 10.5. The number of nitrogens with zero attached hydrogens (tertiary/aromatic N) is 4. The summed E-state index contributed by atoms with van der Waals surface area (Å²) in [7, 11) is 0. The Balaban J connectivity index is 1.65. The first-order valence-corrected chi connectivity index (χ1v) is 11.8. The first-order chi connectivity index (χ1) is 16.8. The van der Waals surface area contributed by atoms with Crippen molar-refractivity contribution in [1.82, 2.24) is 20.1 Å². The van der Waals surface area contributed by atoms with E-state index in [0.29, 0.717) is 22.4 Å². The molecule has 4 rings (SSSR count). The fraction of sp³-hybridized carbons (Fsp3) is 0.160. The van der Waals surface area contributed by atoms with Gasteiger partial charge in [0.15, 0.2) is 11.0 Å². The predicted molar refractivity (Wildman–Crippen MR) is 131 cm³/mol. The lowest BCUT2D eigenvalue weighted by Crippen LogP contribution is -2.28. The fourth-order valence-electron chi connectivity index (χ4n) is 3.55. The highest BCUT2D eigenvalue weighted by Gasteiger charge is 2.22. The molecule has 0 fully saturated rings. The third-order valence-corrected chi connectivity index (χ3v) is 6.25. The number of thioether (sulfide) groups is 1. The van der Waals surface area contributed by atoms with E-state index < -0.39 is 22.7 Å². The molecule has 0 spiro atoms. The maximum absolute atomic E-state index is 13.6. The van der Waals surface area contributed by atoms with Gasteiger partial charge in [0.2, 0.25) is 0 Å². The summed E-state index contributed by atoms with van der Waals surface area (Å²) in [6, 6.07) is 19.0. The van der Waals surface area contributed by atoms with Crippen molar-refractivity contribution in [2.45, 2.75) is 30.8 Å². The van der Waals surface area contributed by atoms with Crippen LogP contribution in [0.2, 0.25) is 0 Å². The number of halogens is 1. The second-order valence-corrected chi connectivity index (χ2v) is 8.88. The summed E-state index contributed by atoms with van der Waals surface area (Å²) in [4.78, 5) is 23.3. The molecular formula is C25H22FN5O3S. The minimum atomic E-state index is -0.582. The van der Waals surface area contributed by atoms with Gasteiger partial charge >= 0.3 is 0 Å². The van der Waals surface area contributed by atoms with Crippen molar-refractivity contribution in [2.24, 2.45) is 0 Å². The Morgan fingerprint density at radius 3 is 2.54 bits per heavy atom. The molecule has 0 radical (unpaired) electrons. The largest absolute Gasteiger partial charge is 0.342 e. The van der Waals surface area contributed by atoms with Crippen LogP contribution in [0.5, 0.6) is 0 Å². The van der Waals surface area contributed by atoms with Crippen LogP contribution in [0, 0.1) is 22.9 Å². The highest BCUT2D eigenvalue weighted by atomic mass is 32.2. The Morgan fingerprint density at radius 1 is 1.11 bits per heavy atom. The number of amides is 1. The normalized spacial score (nSPS) is 11.7. The van der Waals surface area contributed by atoms with Gasteiger partial charge in [0.25, 0.3) is 11.6 Å². The molecule has 0 aliphatic rings. The van der Waals surface area contributed by atoms with Gasteiger partial charge in [-0.2, -0.15) is 0 Å². The zero-order chi connectivity index (χ0) is 24.9. The van der Waals surface area contributed by atoms with Crippen molar-refractivity contribution in [3.63, 3.8) is 0 Å². The molecule has 1 amide bonds. The number of hydrogen-bond donors (Lipinski definition) is 1. The lowest BCUT2D eigenvalue weighted by Gasteiger charge is -2.16.